The van der Waals surface area contributed by atoms with Gasteiger partial charge in [-0.1, -0.05) is 12.5 Å². The molecule has 0 aliphatic heterocycles. The molecular weight excluding hydrogens is 176 g/mol. The minimum atomic E-state index is -0.234. The predicted molar refractivity (Wildman–Crippen MR) is 52.4 cm³/mol. The van der Waals surface area contributed by atoms with Crippen molar-refractivity contribution in [1.82, 2.24) is 0 Å². The molecule has 0 aromatic rings. The monoisotopic (exact) mass is 192 g/mol. The maximum atomic E-state index is 9.34. The van der Waals surface area contributed by atoms with Gasteiger partial charge in [-0.3, -0.25) is 0 Å². The average Bonchev–Trinajstić information content (AvgIpc) is 1.98. The average molecular weight is 193 g/mol. The molecule has 3 unspecified atom stereocenters. The second-order valence-electron chi connectivity index (χ2n) is 3.55. The van der Waals surface area contributed by atoms with Crippen molar-refractivity contribution < 1.29 is 5.11 Å². The molecule has 0 radical (unpaired) electrons. The minimum Gasteiger partial charge on any atom is -0.392 e. The molecule has 3 heteroatoms. The van der Waals surface area contributed by atoms with E-state index in [1.807, 2.05) is 0 Å². The van der Waals surface area contributed by atoms with E-state index in [1.54, 1.807) is 0 Å². The van der Waals surface area contributed by atoms with E-state index in [9.17, 15) is 5.11 Å². The minimum absolute atomic E-state index is 0.0296. The zero-order valence-electron chi connectivity index (χ0n) is 7.09. The molecule has 0 saturated heterocycles. The van der Waals surface area contributed by atoms with Crippen LogP contribution >= 0.6 is 11.6 Å². The number of halogens is 1. The van der Waals surface area contributed by atoms with Gasteiger partial charge in [-0.25, -0.2) is 0 Å². The third kappa shape index (κ3) is 2.77. The number of aliphatic hydroxyl groups is 1. The number of hydrogen-bond acceptors (Lipinski definition) is 1. The van der Waals surface area contributed by atoms with Crippen LogP contribution in [0.5, 0.6) is 0 Å². The summed E-state index contributed by atoms with van der Waals surface area (Å²) in [6.45, 7) is 0. The molecule has 0 aromatic carbocycles. The lowest BCUT2D eigenvalue weighted by Gasteiger charge is -2.29. The van der Waals surface area contributed by atoms with Crippen LogP contribution in [0.15, 0.2) is 0 Å². The summed E-state index contributed by atoms with van der Waals surface area (Å²) in [5, 5.41) is 9.37. The summed E-state index contributed by atoms with van der Waals surface area (Å²) in [5.41, 5.74) is 0. The second kappa shape index (κ2) is 4.48. The Bertz CT molecular complexity index is 121. The molecule has 1 fully saturated rings. The van der Waals surface area contributed by atoms with Crippen LogP contribution in [-0.4, -0.2) is 26.8 Å². The number of hydrogen-bond donors (Lipinski definition) is 1. The Morgan fingerprint density at radius 3 is 2.73 bits per heavy atom. The topological polar surface area (TPSA) is 20.2 Å². The lowest BCUT2D eigenvalue weighted by molar-refractivity contribution is 0.112. The largest absolute Gasteiger partial charge is 0.392 e. The third-order valence-corrected chi connectivity index (χ3v) is 3.59. The zero-order valence-corrected chi connectivity index (χ0v) is 9.85. The fourth-order valence-corrected chi connectivity index (χ4v) is 3.05. The van der Waals surface area contributed by atoms with Crippen molar-refractivity contribution in [2.24, 2.45) is 5.92 Å². The molecule has 0 amide bonds. The number of aliphatic hydroxyl groups excluding tert-OH is 1. The summed E-state index contributed by atoms with van der Waals surface area (Å²) in [7, 11) is 1.31. The Labute approximate surface area is 76.6 Å². The van der Waals surface area contributed by atoms with Crippen LogP contribution in [-0.2, 0) is 0 Å². The van der Waals surface area contributed by atoms with Crippen LogP contribution in [0.3, 0.4) is 0 Å². The van der Waals surface area contributed by atoms with E-state index in [0.29, 0.717) is 0 Å². The fraction of sp³-hybridized carbons (Fsp3) is 1.00. The first-order valence-electron chi connectivity index (χ1n) is 4.56. The van der Waals surface area contributed by atoms with E-state index in [2.05, 4.69) is 0 Å². The Morgan fingerprint density at radius 1 is 1.45 bits per heavy atom. The molecule has 3 atom stereocenters. The Hall–Kier alpha value is 0.467. The first-order valence-corrected chi connectivity index (χ1v) is 6.41. The molecule has 0 bridgehead atoms. The second-order valence-corrected chi connectivity index (χ2v) is 5.11. The number of alkyl halides is 1. The quantitative estimate of drug-likeness (QED) is 0.510. The standard InChI is InChI=1S/C8H17ClOSi/c9-7-5-6(3-4-11)1-2-8(7)10/h6-8,10H,1-5H2,11H3. The van der Waals surface area contributed by atoms with Gasteiger partial charge in [0.05, 0.1) is 11.5 Å². The summed E-state index contributed by atoms with van der Waals surface area (Å²) >= 11 is 5.96. The summed E-state index contributed by atoms with van der Waals surface area (Å²) in [4.78, 5) is 0. The highest BCUT2D eigenvalue weighted by Crippen LogP contribution is 2.30. The van der Waals surface area contributed by atoms with Crippen LogP contribution in [0.2, 0.25) is 6.04 Å². The molecule has 0 heterocycles. The molecule has 1 aliphatic rings. The number of rotatable bonds is 2. The van der Waals surface area contributed by atoms with Gasteiger partial charge in [-0.05, 0) is 25.2 Å². The smallest absolute Gasteiger partial charge is 0.0703 e. The highest BCUT2D eigenvalue weighted by molar-refractivity contribution is 6.21. The van der Waals surface area contributed by atoms with Crippen molar-refractivity contribution in [2.75, 3.05) is 0 Å². The molecule has 11 heavy (non-hydrogen) atoms. The van der Waals surface area contributed by atoms with Crippen LogP contribution < -0.4 is 0 Å². The molecule has 1 N–H and O–H groups in total. The van der Waals surface area contributed by atoms with Gasteiger partial charge in [0, 0.05) is 10.2 Å². The maximum Gasteiger partial charge on any atom is 0.0703 e. The van der Waals surface area contributed by atoms with Crippen molar-refractivity contribution in [3.05, 3.63) is 0 Å². The molecule has 66 valence electrons. The van der Waals surface area contributed by atoms with Gasteiger partial charge in [-0.15, -0.1) is 11.6 Å². The van der Waals surface area contributed by atoms with Crippen LogP contribution in [0.25, 0.3) is 0 Å². The summed E-state index contributed by atoms with van der Waals surface area (Å²) in [5.74, 6) is 0.804. The molecule has 0 spiro atoms. The van der Waals surface area contributed by atoms with Gasteiger partial charge in [0.1, 0.15) is 0 Å². The van der Waals surface area contributed by atoms with Crippen molar-refractivity contribution in [2.45, 2.75) is 43.2 Å². The molecule has 1 nitrogen and oxygen atoms in total. The van der Waals surface area contributed by atoms with Crippen LogP contribution in [0, 0.1) is 5.92 Å². The van der Waals surface area contributed by atoms with E-state index in [0.717, 1.165) is 18.8 Å². The van der Waals surface area contributed by atoms with Crippen molar-refractivity contribution in [1.29, 1.82) is 0 Å². The van der Waals surface area contributed by atoms with Crippen LogP contribution in [0.1, 0.15) is 25.7 Å². The Morgan fingerprint density at radius 2 is 2.18 bits per heavy atom. The van der Waals surface area contributed by atoms with Gasteiger partial charge in [0.25, 0.3) is 0 Å². The van der Waals surface area contributed by atoms with Gasteiger partial charge >= 0.3 is 0 Å². The highest BCUT2D eigenvalue weighted by Gasteiger charge is 2.26. The first-order chi connectivity index (χ1) is 5.24. The normalized spacial score (nSPS) is 39.3. The van der Waals surface area contributed by atoms with Crippen molar-refractivity contribution >= 4 is 21.8 Å². The van der Waals surface area contributed by atoms with Gasteiger partial charge in [0.2, 0.25) is 0 Å². The molecular formula is C8H17ClOSi. The predicted octanol–water partition coefficient (Wildman–Crippen LogP) is 0.929. The summed E-state index contributed by atoms with van der Waals surface area (Å²) < 4.78 is 0. The van der Waals surface area contributed by atoms with Gasteiger partial charge in [0.15, 0.2) is 0 Å². The lowest BCUT2D eigenvalue weighted by Crippen LogP contribution is -2.29. The maximum absolute atomic E-state index is 9.34. The first kappa shape index (κ1) is 9.55. The van der Waals surface area contributed by atoms with Gasteiger partial charge in [-0.2, -0.15) is 0 Å². The molecule has 0 aromatic heterocycles. The Balaban J connectivity index is 2.28. The van der Waals surface area contributed by atoms with Gasteiger partial charge < -0.3 is 5.11 Å². The Kier molecular flexibility index (Phi) is 3.89. The molecule has 1 saturated carbocycles. The fourth-order valence-electron chi connectivity index (χ4n) is 1.85. The molecule has 1 rings (SSSR count). The van der Waals surface area contributed by atoms with E-state index in [4.69, 9.17) is 11.6 Å². The SMILES string of the molecule is OC1CCC(CC[SiH3])CC1Cl. The lowest BCUT2D eigenvalue weighted by atomic mass is 9.85. The highest BCUT2D eigenvalue weighted by atomic mass is 35.5. The van der Waals surface area contributed by atoms with Crippen molar-refractivity contribution in [3.63, 3.8) is 0 Å². The van der Waals surface area contributed by atoms with E-state index < -0.39 is 0 Å². The van der Waals surface area contributed by atoms with E-state index >= 15 is 0 Å². The summed E-state index contributed by atoms with van der Waals surface area (Å²) in [6, 6.07) is 1.38. The van der Waals surface area contributed by atoms with E-state index in [-0.39, 0.29) is 11.5 Å². The molecule has 1 aliphatic carbocycles. The zero-order chi connectivity index (χ0) is 8.27. The van der Waals surface area contributed by atoms with Crippen molar-refractivity contribution in [3.8, 4) is 0 Å². The van der Waals surface area contributed by atoms with E-state index in [1.165, 1.54) is 29.1 Å². The summed E-state index contributed by atoms with van der Waals surface area (Å²) in [6.07, 6.45) is 4.24. The third-order valence-electron chi connectivity index (χ3n) is 2.54. The van der Waals surface area contributed by atoms with Crippen LogP contribution in [0.4, 0.5) is 0 Å².